The normalized spacial score (nSPS) is 11.5. The second kappa shape index (κ2) is 19.6. The van der Waals surface area contributed by atoms with Gasteiger partial charge < -0.3 is 25.0 Å². The van der Waals surface area contributed by atoms with Crippen LogP contribution in [0.25, 0.3) is 22.3 Å². The summed E-state index contributed by atoms with van der Waals surface area (Å²) in [6.07, 6.45) is 3.37. The first kappa shape index (κ1) is 45.7. The highest BCUT2D eigenvalue weighted by molar-refractivity contribution is 6.75. The average Bonchev–Trinajstić information content (AvgIpc) is 3.20. The smallest absolute Gasteiger partial charge is 0.335 e. The Morgan fingerprint density at radius 2 is 0.983 bits per heavy atom. The van der Waals surface area contributed by atoms with E-state index in [1.807, 2.05) is 97.1 Å². The number of carbonyl (C=O) groups excluding carboxylic acids is 1. The second-order valence-electron chi connectivity index (χ2n) is 17.2. The number of benzene rings is 4. The topological polar surface area (TPSA) is 137 Å². The van der Waals surface area contributed by atoms with Gasteiger partial charge in [-0.25, -0.2) is 14.8 Å². The summed E-state index contributed by atoms with van der Waals surface area (Å²) in [4.78, 5) is 31.8. The van der Waals surface area contributed by atoms with Crippen LogP contribution in [0.5, 0.6) is 11.5 Å². The number of carboxylic acid groups (broad SMARTS) is 1. The molecule has 11 heteroatoms. The minimum Gasteiger partial charge on any atom is -0.542 e. The molecule has 1 amide bonds. The Labute approximate surface area is 352 Å². The molecule has 0 bridgehead atoms. The lowest BCUT2D eigenvalue weighted by atomic mass is 10.0. The molecule has 0 saturated heterocycles. The first-order valence-electron chi connectivity index (χ1n) is 19.6. The van der Waals surface area contributed by atoms with E-state index >= 15 is 0 Å². The molecule has 0 radical (unpaired) electrons. The number of nitrogen functional groups attached to an aromatic ring is 1. The molecule has 0 atom stereocenters. The van der Waals surface area contributed by atoms with Gasteiger partial charge in [0.15, 0.2) is 0 Å². The van der Waals surface area contributed by atoms with Gasteiger partial charge >= 0.3 is 5.97 Å². The summed E-state index contributed by atoms with van der Waals surface area (Å²) < 4.78 is 12.3. The van der Waals surface area contributed by atoms with Crippen LogP contribution in [0, 0.1) is 0 Å². The second-order valence-corrected chi connectivity index (χ2v) is 26.6. The van der Waals surface area contributed by atoms with E-state index in [1.54, 1.807) is 48.8 Å². The number of hydrogen-bond donors (Lipinski definition) is 3. The zero-order valence-corrected chi connectivity index (χ0v) is 37.9. The maximum Gasteiger partial charge on any atom is 0.335 e. The number of anilines is 2. The lowest BCUT2D eigenvalue weighted by molar-refractivity contribution is 0.0696. The monoisotopic (exact) mass is 826 g/mol. The van der Waals surface area contributed by atoms with Crippen molar-refractivity contribution in [2.75, 3.05) is 11.1 Å². The van der Waals surface area contributed by atoms with E-state index in [1.165, 1.54) is 0 Å². The Kier molecular flexibility index (Phi) is 15.2. The van der Waals surface area contributed by atoms with Crippen LogP contribution in [0.2, 0.25) is 36.3 Å². The number of aromatic carboxylic acids is 1. The first-order chi connectivity index (χ1) is 27.6. The highest BCUT2D eigenvalue weighted by Gasteiger charge is 2.39. The van der Waals surface area contributed by atoms with Crippen LogP contribution in [0.4, 0.5) is 11.6 Å². The van der Waals surface area contributed by atoms with Crippen LogP contribution in [-0.4, -0.2) is 43.6 Å². The number of rotatable bonds is 9. The van der Waals surface area contributed by atoms with Crippen molar-refractivity contribution in [3.63, 3.8) is 0 Å². The summed E-state index contributed by atoms with van der Waals surface area (Å²) in [5.41, 5.74) is 10.5. The van der Waals surface area contributed by atoms with Crippen LogP contribution in [0.3, 0.4) is 0 Å². The Morgan fingerprint density at radius 1 is 0.559 bits per heavy atom. The largest absolute Gasteiger partial charge is 0.542 e. The summed E-state index contributed by atoms with van der Waals surface area (Å²) in [5.74, 6) is 1.50. The third-order valence-corrected chi connectivity index (χ3v) is 19.3. The Hall–Kier alpha value is -6.05. The Balaban J connectivity index is 0.000000215. The summed E-state index contributed by atoms with van der Waals surface area (Å²) in [5, 5.41) is 12.0. The standard InChI is InChI=1S/C24H28N2O2Si.C13H10O2.C11H20N2OSi/c1-24(2,3)29(4,5)28-21-14-15-22(25-17-21)26-23(27)20-13-9-12-19(16-20)18-10-7-6-8-11-18;14-13(15)12-8-4-7-11(9-12)10-5-2-1-3-6-10;1-11(2,3)15(4,5)14-9-6-7-10(12)13-8-9/h6-17H,1-5H3,(H,25,26,27);1-9H,(H,14,15);6-8H,1-5H3,(H2,12,13). The molecule has 4 N–H and O–H groups in total. The van der Waals surface area contributed by atoms with Crippen molar-refractivity contribution in [2.45, 2.75) is 77.8 Å². The molecule has 59 heavy (non-hydrogen) atoms. The summed E-state index contributed by atoms with van der Waals surface area (Å²) in [7, 11) is -3.66. The molecule has 0 fully saturated rings. The predicted molar refractivity (Wildman–Crippen MR) is 247 cm³/mol. The van der Waals surface area contributed by atoms with E-state index in [0.29, 0.717) is 22.8 Å². The highest BCUT2D eigenvalue weighted by atomic mass is 28.4. The van der Waals surface area contributed by atoms with E-state index < -0.39 is 22.6 Å². The average molecular weight is 827 g/mol. The molecule has 6 rings (SSSR count). The van der Waals surface area contributed by atoms with E-state index in [9.17, 15) is 9.59 Å². The fraction of sp³-hybridized carbons (Fsp3) is 0.250. The molecule has 6 aromatic rings. The molecule has 308 valence electrons. The molecule has 0 spiro atoms. The lowest BCUT2D eigenvalue weighted by Gasteiger charge is -2.36. The third-order valence-electron chi connectivity index (χ3n) is 10.5. The fourth-order valence-electron chi connectivity index (χ4n) is 4.98. The van der Waals surface area contributed by atoms with Crippen molar-refractivity contribution in [2.24, 2.45) is 0 Å². The van der Waals surface area contributed by atoms with E-state index in [-0.39, 0.29) is 16.0 Å². The first-order valence-corrected chi connectivity index (χ1v) is 25.4. The van der Waals surface area contributed by atoms with Gasteiger partial charge in [-0.1, -0.05) is 126 Å². The van der Waals surface area contributed by atoms with Gasteiger partial charge in [-0.3, -0.25) is 4.79 Å². The van der Waals surface area contributed by atoms with Crippen molar-refractivity contribution in [1.29, 1.82) is 0 Å². The van der Waals surface area contributed by atoms with Gasteiger partial charge in [0.25, 0.3) is 22.5 Å². The maximum absolute atomic E-state index is 12.7. The minimum absolute atomic E-state index is 0.115. The van der Waals surface area contributed by atoms with E-state index in [2.05, 4.69) is 83.0 Å². The summed E-state index contributed by atoms with van der Waals surface area (Å²) >= 11 is 0. The predicted octanol–water partition coefficient (Wildman–Crippen LogP) is 12.5. The van der Waals surface area contributed by atoms with Crippen LogP contribution in [0.1, 0.15) is 62.3 Å². The molecule has 0 unspecified atom stereocenters. The highest BCUT2D eigenvalue weighted by Crippen LogP contribution is 2.38. The Morgan fingerprint density at radius 3 is 1.39 bits per heavy atom. The number of nitrogens with one attached hydrogen (secondary N) is 1. The number of nitrogens with two attached hydrogens (primary N) is 1. The van der Waals surface area contributed by atoms with Gasteiger partial charge in [-0.05, 0) is 107 Å². The van der Waals surface area contributed by atoms with Gasteiger partial charge in [-0.2, -0.15) is 0 Å². The lowest BCUT2D eigenvalue weighted by Crippen LogP contribution is -2.43. The van der Waals surface area contributed by atoms with Crippen molar-refractivity contribution in [3.05, 3.63) is 157 Å². The van der Waals surface area contributed by atoms with Crippen LogP contribution < -0.4 is 19.9 Å². The number of aromatic nitrogens is 2. The van der Waals surface area contributed by atoms with Gasteiger partial charge in [0.05, 0.1) is 18.0 Å². The van der Waals surface area contributed by atoms with Gasteiger partial charge in [-0.15, -0.1) is 0 Å². The molecule has 0 aliphatic rings. The number of amides is 1. The zero-order valence-electron chi connectivity index (χ0n) is 35.9. The van der Waals surface area contributed by atoms with Gasteiger partial charge in [0.2, 0.25) is 0 Å². The number of hydrogen-bond acceptors (Lipinski definition) is 7. The SMILES string of the molecule is CC(C)(C)[Si](C)(C)Oc1ccc(N)nc1.CC(C)(C)[Si](C)(C)Oc1ccc(NC(=O)c2cccc(-c3ccccc3)c2)nc1.O=C(O)c1cccc(-c2ccccc2)c1. The van der Waals surface area contributed by atoms with E-state index in [0.717, 1.165) is 33.8 Å². The van der Waals surface area contributed by atoms with Crippen molar-refractivity contribution >= 4 is 40.1 Å². The molecule has 0 aliphatic carbocycles. The van der Waals surface area contributed by atoms with Crippen molar-refractivity contribution in [1.82, 2.24) is 9.97 Å². The number of nitrogens with zero attached hydrogens (tertiary/aromatic N) is 2. The van der Waals surface area contributed by atoms with Crippen LogP contribution in [-0.2, 0) is 0 Å². The third kappa shape index (κ3) is 13.5. The molecule has 9 nitrogen and oxygen atoms in total. The van der Waals surface area contributed by atoms with Crippen LogP contribution >= 0.6 is 0 Å². The Bertz CT molecular complexity index is 2270. The molecular formula is C48H58N4O5Si2. The number of carbonyl (C=O) groups is 2. The molecule has 2 heterocycles. The van der Waals surface area contributed by atoms with E-state index in [4.69, 9.17) is 19.7 Å². The van der Waals surface area contributed by atoms with Crippen molar-refractivity contribution in [3.8, 4) is 33.8 Å². The fourth-order valence-corrected chi connectivity index (χ4v) is 7.02. The maximum atomic E-state index is 12.7. The number of carboxylic acids is 1. The van der Waals surface area contributed by atoms with Crippen LogP contribution in [0.15, 0.2) is 146 Å². The molecular weight excluding hydrogens is 769 g/mol. The molecule has 2 aromatic heterocycles. The molecule has 0 saturated carbocycles. The van der Waals surface area contributed by atoms with Crippen molar-refractivity contribution < 1.29 is 23.5 Å². The quantitative estimate of drug-likeness (QED) is 0.123. The summed E-state index contributed by atoms with van der Waals surface area (Å²) in [6.45, 7) is 22.1. The number of pyridine rings is 2. The summed E-state index contributed by atoms with van der Waals surface area (Å²) in [6, 6.07) is 41.5. The zero-order chi connectivity index (χ0) is 43.4. The molecule has 0 aliphatic heterocycles. The molecule has 4 aromatic carbocycles. The minimum atomic E-state index is -1.91. The van der Waals surface area contributed by atoms with Gasteiger partial charge in [0, 0.05) is 5.56 Å². The van der Waals surface area contributed by atoms with Gasteiger partial charge in [0.1, 0.15) is 23.1 Å².